The van der Waals surface area contributed by atoms with Crippen LogP contribution in [0.1, 0.15) is 39.1 Å². The summed E-state index contributed by atoms with van der Waals surface area (Å²) >= 11 is 0. The van der Waals surface area contributed by atoms with Gasteiger partial charge in [-0.2, -0.15) is 0 Å². The number of aromatic amines is 1. The summed E-state index contributed by atoms with van der Waals surface area (Å²) in [6, 6.07) is 15.2. The number of carbonyl (C=O) groups is 1. The SMILES string of the molecule is COc1ccc([C@H]2c3nc[nH]c3CCN2C(=O)c2cc3cc(C)ccc3o2)cc1. The number of amides is 1. The van der Waals surface area contributed by atoms with Crippen LogP contribution >= 0.6 is 0 Å². The van der Waals surface area contributed by atoms with Gasteiger partial charge in [-0.15, -0.1) is 0 Å². The Balaban J connectivity index is 1.56. The first kappa shape index (κ1) is 17.6. The topological polar surface area (TPSA) is 71.4 Å². The lowest BCUT2D eigenvalue weighted by molar-refractivity contribution is 0.0660. The van der Waals surface area contributed by atoms with Crippen LogP contribution in [-0.4, -0.2) is 34.4 Å². The Morgan fingerprint density at radius 3 is 2.83 bits per heavy atom. The molecule has 29 heavy (non-hydrogen) atoms. The number of nitrogens with zero attached hydrogens (tertiary/aromatic N) is 2. The van der Waals surface area contributed by atoms with E-state index >= 15 is 0 Å². The molecule has 6 heteroatoms. The zero-order valence-corrected chi connectivity index (χ0v) is 16.3. The number of furan rings is 1. The van der Waals surface area contributed by atoms with Gasteiger partial charge < -0.3 is 19.0 Å². The van der Waals surface area contributed by atoms with E-state index in [-0.39, 0.29) is 11.9 Å². The Bertz CT molecular complexity index is 1190. The molecule has 0 fully saturated rings. The molecule has 6 nitrogen and oxygen atoms in total. The monoisotopic (exact) mass is 387 g/mol. The van der Waals surface area contributed by atoms with Crippen molar-refractivity contribution < 1.29 is 13.9 Å². The Hall–Kier alpha value is -3.54. The predicted molar refractivity (Wildman–Crippen MR) is 109 cm³/mol. The Kier molecular flexibility index (Phi) is 4.12. The number of hydrogen-bond acceptors (Lipinski definition) is 4. The summed E-state index contributed by atoms with van der Waals surface area (Å²) in [6.07, 6.45) is 2.42. The summed E-state index contributed by atoms with van der Waals surface area (Å²) in [5.74, 6) is 0.994. The van der Waals surface area contributed by atoms with Crippen molar-refractivity contribution >= 4 is 16.9 Å². The predicted octanol–water partition coefficient (Wildman–Crippen LogP) is 4.26. The highest BCUT2D eigenvalue weighted by Crippen LogP contribution is 2.35. The van der Waals surface area contributed by atoms with E-state index in [9.17, 15) is 4.79 Å². The Morgan fingerprint density at radius 2 is 2.03 bits per heavy atom. The molecule has 1 atom stereocenters. The van der Waals surface area contributed by atoms with Gasteiger partial charge >= 0.3 is 0 Å². The van der Waals surface area contributed by atoms with Crippen LogP contribution in [0.5, 0.6) is 5.75 Å². The average Bonchev–Trinajstić information content (AvgIpc) is 3.39. The fourth-order valence-corrected chi connectivity index (χ4v) is 4.03. The van der Waals surface area contributed by atoms with E-state index in [1.807, 2.05) is 60.4 Å². The third kappa shape index (κ3) is 2.97. The van der Waals surface area contributed by atoms with Crippen LogP contribution in [0.25, 0.3) is 11.0 Å². The Labute approximate surface area is 168 Å². The summed E-state index contributed by atoms with van der Waals surface area (Å²) in [4.78, 5) is 23.0. The number of nitrogens with one attached hydrogen (secondary N) is 1. The number of aryl methyl sites for hydroxylation is 1. The van der Waals surface area contributed by atoms with E-state index in [2.05, 4.69) is 9.97 Å². The molecule has 1 aliphatic rings. The minimum absolute atomic E-state index is 0.131. The fourth-order valence-electron chi connectivity index (χ4n) is 4.03. The normalized spacial score (nSPS) is 16.1. The first-order valence-corrected chi connectivity index (χ1v) is 9.61. The number of fused-ring (bicyclic) bond motifs is 2. The van der Waals surface area contributed by atoms with Crippen molar-refractivity contribution in [2.75, 3.05) is 13.7 Å². The number of imidazole rings is 1. The summed E-state index contributed by atoms with van der Waals surface area (Å²) in [5.41, 5.74) is 4.78. The van der Waals surface area contributed by atoms with Crippen LogP contribution in [0.3, 0.4) is 0 Å². The smallest absolute Gasteiger partial charge is 0.290 e. The van der Waals surface area contributed by atoms with Crippen molar-refractivity contribution in [2.45, 2.75) is 19.4 Å². The van der Waals surface area contributed by atoms with Crippen LogP contribution in [-0.2, 0) is 6.42 Å². The van der Waals surface area contributed by atoms with Crippen molar-refractivity contribution in [3.8, 4) is 5.75 Å². The lowest BCUT2D eigenvalue weighted by Crippen LogP contribution is -2.40. The summed E-state index contributed by atoms with van der Waals surface area (Å²) in [5, 5.41) is 0.937. The van der Waals surface area contributed by atoms with Gasteiger partial charge in [0.15, 0.2) is 5.76 Å². The largest absolute Gasteiger partial charge is 0.497 e. The van der Waals surface area contributed by atoms with Crippen LogP contribution in [0.2, 0.25) is 0 Å². The second-order valence-corrected chi connectivity index (χ2v) is 7.34. The van der Waals surface area contributed by atoms with Gasteiger partial charge in [0, 0.05) is 24.0 Å². The van der Waals surface area contributed by atoms with Gasteiger partial charge in [-0.05, 0) is 42.8 Å². The van der Waals surface area contributed by atoms with Crippen molar-refractivity contribution in [3.63, 3.8) is 0 Å². The van der Waals surface area contributed by atoms with Crippen molar-refractivity contribution in [3.05, 3.63) is 83.1 Å². The van der Waals surface area contributed by atoms with Crippen LogP contribution in [0, 0.1) is 6.92 Å². The highest BCUT2D eigenvalue weighted by Gasteiger charge is 2.35. The fraction of sp³-hybridized carbons (Fsp3) is 0.217. The molecule has 0 bridgehead atoms. The molecule has 0 unspecified atom stereocenters. The van der Waals surface area contributed by atoms with Crippen molar-refractivity contribution in [1.82, 2.24) is 14.9 Å². The molecule has 1 N–H and O–H groups in total. The van der Waals surface area contributed by atoms with E-state index in [0.29, 0.717) is 12.3 Å². The molecule has 1 amide bonds. The molecule has 2 aromatic heterocycles. The molecular formula is C23H21N3O3. The molecule has 0 spiro atoms. The third-order valence-electron chi connectivity index (χ3n) is 5.50. The first-order chi connectivity index (χ1) is 14.1. The standard InChI is InChI=1S/C23H21N3O3/c1-14-3-8-19-16(11-14)12-20(29-19)23(27)26-10-9-18-21(25-13-24-18)22(26)15-4-6-17(28-2)7-5-15/h3-8,11-13,22H,9-10H2,1-2H3,(H,24,25)/t22-/m0/s1. The van der Waals surface area contributed by atoms with E-state index in [1.54, 1.807) is 13.4 Å². The summed E-state index contributed by atoms with van der Waals surface area (Å²) in [7, 11) is 1.64. The van der Waals surface area contributed by atoms with Gasteiger partial charge in [0.05, 0.1) is 19.1 Å². The Morgan fingerprint density at radius 1 is 1.21 bits per heavy atom. The minimum atomic E-state index is -0.279. The quantitative estimate of drug-likeness (QED) is 0.570. The van der Waals surface area contributed by atoms with Crippen LogP contribution in [0.4, 0.5) is 0 Å². The van der Waals surface area contributed by atoms with Gasteiger partial charge in [-0.1, -0.05) is 23.8 Å². The van der Waals surface area contributed by atoms with Gasteiger partial charge in [0.25, 0.3) is 5.91 Å². The van der Waals surface area contributed by atoms with E-state index in [1.165, 1.54) is 0 Å². The maximum atomic E-state index is 13.5. The zero-order valence-electron chi connectivity index (χ0n) is 16.3. The maximum absolute atomic E-state index is 13.5. The van der Waals surface area contributed by atoms with E-state index in [4.69, 9.17) is 9.15 Å². The highest BCUT2D eigenvalue weighted by molar-refractivity contribution is 5.96. The third-order valence-corrected chi connectivity index (χ3v) is 5.50. The molecule has 0 radical (unpaired) electrons. The molecule has 2 aromatic carbocycles. The van der Waals surface area contributed by atoms with E-state index < -0.39 is 0 Å². The number of hydrogen-bond donors (Lipinski definition) is 1. The van der Waals surface area contributed by atoms with E-state index in [0.717, 1.165) is 45.7 Å². The highest BCUT2D eigenvalue weighted by atomic mass is 16.5. The van der Waals surface area contributed by atoms with Gasteiger partial charge in [0.1, 0.15) is 17.4 Å². The molecule has 146 valence electrons. The molecule has 0 aliphatic carbocycles. The van der Waals surface area contributed by atoms with Crippen molar-refractivity contribution in [2.24, 2.45) is 0 Å². The van der Waals surface area contributed by atoms with Gasteiger partial charge in [-0.3, -0.25) is 4.79 Å². The second kappa shape index (κ2) is 6.81. The zero-order chi connectivity index (χ0) is 20.0. The van der Waals surface area contributed by atoms with Gasteiger partial charge in [0.2, 0.25) is 0 Å². The summed E-state index contributed by atoms with van der Waals surface area (Å²) in [6.45, 7) is 2.61. The van der Waals surface area contributed by atoms with Gasteiger partial charge in [-0.25, -0.2) is 4.98 Å². The summed E-state index contributed by atoms with van der Waals surface area (Å²) < 4.78 is 11.2. The van der Waals surface area contributed by atoms with Crippen LogP contribution in [0.15, 0.2) is 59.3 Å². The molecule has 1 aliphatic heterocycles. The number of carbonyl (C=O) groups excluding carboxylic acids is 1. The number of H-pyrrole nitrogens is 1. The maximum Gasteiger partial charge on any atom is 0.290 e. The number of aromatic nitrogens is 2. The second-order valence-electron chi connectivity index (χ2n) is 7.34. The number of rotatable bonds is 3. The lowest BCUT2D eigenvalue weighted by Gasteiger charge is -2.34. The number of ether oxygens (including phenoxy) is 1. The van der Waals surface area contributed by atoms with Crippen LogP contribution < -0.4 is 4.74 Å². The average molecular weight is 387 g/mol. The molecule has 5 rings (SSSR count). The minimum Gasteiger partial charge on any atom is -0.497 e. The number of methoxy groups -OCH3 is 1. The first-order valence-electron chi connectivity index (χ1n) is 9.61. The molecule has 0 saturated heterocycles. The number of benzene rings is 2. The molecular weight excluding hydrogens is 366 g/mol. The van der Waals surface area contributed by atoms with Crippen molar-refractivity contribution in [1.29, 1.82) is 0 Å². The molecule has 4 aromatic rings. The molecule has 3 heterocycles. The lowest BCUT2D eigenvalue weighted by atomic mass is 9.95. The molecule has 0 saturated carbocycles.